The van der Waals surface area contributed by atoms with Crippen molar-refractivity contribution in [1.82, 2.24) is 0 Å². The Balaban J connectivity index is 3.04. The molecule has 0 unspecified atom stereocenters. The molecule has 0 saturated carbocycles. The summed E-state index contributed by atoms with van der Waals surface area (Å²) < 4.78 is 36.5. The standard InChI is InChI=1S/C9H7BrF3NO2/c1-6(15)14(16-9(11,12)13)8-5-3-2-4-7(8)10/h2-5H,1H3. The molecule has 0 aliphatic carbocycles. The van der Waals surface area contributed by atoms with Crippen LogP contribution >= 0.6 is 15.9 Å². The maximum atomic E-state index is 12.1. The zero-order valence-electron chi connectivity index (χ0n) is 8.08. The largest absolute Gasteiger partial charge is 0.544 e. The van der Waals surface area contributed by atoms with Crippen LogP contribution in [0.15, 0.2) is 28.7 Å². The zero-order chi connectivity index (χ0) is 12.3. The molecule has 0 aliphatic heterocycles. The fourth-order valence-electron chi connectivity index (χ4n) is 1.00. The molecule has 0 fully saturated rings. The third-order valence-electron chi connectivity index (χ3n) is 1.55. The Morgan fingerprint density at radius 1 is 1.38 bits per heavy atom. The number of anilines is 1. The van der Waals surface area contributed by atoms with Gasteiger partial charge < -0.3 is 0 Å². The maximum Gasteiger partial charge on any atom is 0.544 e. The minimum atomic E-state index is -4.92. The van der Waals surface area contributed by atoms with E-state index in [1.807, 2.05) is 0 Å². The van der Waals surface area contributed by atoms with Gasteiger partial charge in [0.2, 0.25) is 5.91 Å². The number of para-hydroxylation sites is 1. The van der Waals surface area contributed by atoms with Crippen LogP contribution in [0.2, 0.25) is 0 Å². The van der Waals surface area contributed by atoms with E-state index in [9.17, 15) is 18.0 Å². The van der Waals surface area contributed by atoms with Gasteiger partial charge in [0.25, 0.3) is 0 Å². The van der Waals surface area contributed by atoms with Crippen LogP contribution in [-0.4, -0.2) is 12.3 Å². The van der Waals surface area contributed by atoms with Gasteiger partial charge in [0.1, 0.15) is 0 Å². The lowest BCUT2D eigenvalue weighted by atomic mass is 10.3. The predicted octanol–water partition coefficient (Wildman–Crippen LogP) is 3.25. The number of benzene rings is 1. The fraction of sp³-hybridized carbons (Fsp3) is 0.222. The molecule has 0 N–H and O–H groups in total. The van der Waals surface area contributed by atoms with Crippen molar-refractivity contribution in [3.8, 4) is 0 Å². The number of rotatable bonds is 2. The van der Waals surface area contributed by atoms with Gasteiger partial charge in [0.05, 0.1) is 5.69 Å². The Kier molecular flexibility index (Phi) is 3.93. The highest BCUT2D eigenvalue weighted by atomic mass is 79.9. The molecular formula is C9H7BrF3NO2. The van der Waals surface area contributed by atoms with Gasteiger partial charge in [0.15, 0.2) is 0 Å². The lowest BCUT2D eigenvalue weighted by Crippen LogP contribution is -2.35. The van der Waals surface area contributed by atoms with Crippen molar-refractivity contribution in [1.29, 1.82) is 0 Å². The number of amides is 1. The smallest absolute Gasteiger partial charge is 0.273 e. The molecule has 3 nitrogen and oxygen atoms in total. The number of halogens is 4. The second-order valence-electron chi connectivity index (χ2n) is 2.80. The SMILES string of the molecule is CC(=O)N(OC(F)(F)F)c1ccccc1Br. The average molecular weight is 298 g/mol. The molecule has 16 heavy (non-hydrogen) atoms. The second-order valence-corrected chi connectivity index (χ2v) is 3.66. The van der Waals surface area contributed by atoms with Gasteiger partial charge in [-0.3, -0.25) is 4.79 Å². The quantitative estimate of drug-likeness (QED) is 0.784. The normalized spacial score (nSPS) is 11.3. The van der Waals surface area contributed by atoms with Crippen LogP contribution in [-0.2, 0) is 9.63 Å². The van der Waals surface area contributed by atoms with E-state index in [4.69, 9.17) is 0 Å². The van der Waals surface area contributed by atoms with Gasteiger partial charge in [-0.15, -0.1) is 13.2 Å². The van der Waals surface area contributed by atoms with Crippen molar-refractivity contribution in [2.45, 2.75) is 13.3 Å². The number of alkyl halides is 3. The molecule has 0 heterocycles. The number of hydrogen-bond donors (Lipinski definition) is 0. The molecule has 0 saturated heterocycles. The molecule has 1 aromatic carbocycles. The van der Waals surface area contributed by atoms with Crippen LogP contribution in [0.1, 0.15) is 6.92 Å². The number of hydrogen-bond acceptors (Lipinski definition) is 2. The molecule has 0 aromatic heterocycles. The number of carbonyl (C=O) groups excluding carboxylic acids is 1. The summed E-state index contributed by atoms with van der Waals surface area (Å²) in [5.41, 5.74) is -0.00711. The van der Waals surface area contributed by atoms with Gasteiger partial charge in [0, 0.05) is 11.4 Å². The molecule has 0 bridgehead atoms. The summed E-state index contributed by atoms with van der Waals surface area (Å²) in [7, 11) is 0. The average Bonchev–Trinajstić information content (AvgIpc) is 2.13. The van der Waals surface area contributed by atoms with Crippen LogP contribution in [0.25, 0.3) is 0 Å². The van der Waals surface area contributed by atoms with Gasteiger partial charge >= 0.3 is 6.36 Å². The Bertz CT molecular complexity index is 395. The van der Waals surface area contributed by atoms with Crippen molar-refractivity contribution in [3.63, 3.8) is 0 Å². The number of hydroxylamine groups is 1. The highest BCUT2D eigenvalue weighted by molar-refractivity contribution is 9.10. The summed E-state index contributed by atoms with van der Waals surface area (Å²) in [6.45, 7) is 0.977. The zero-order valence-corrected chi connectivity index (χ0v) is 9.67. The van der Waals surface area contributed by atoms with E-state index < -0.39 is 12.3 Å². The van der Waals surface area contributed by atoms with Crippen molar-refractivity contribution < 1.29 is 22.8 Å². The topological polar surface area (TPSA) is 29.5 Å². The number of carbonyl (C=O) groups is 1. The molecule has 1 aromatic rings. The summed E-state index contributed by atoms with van der Waals surface area (Å²) >= 11 is 3.03. The van der Waals surface area contributed by atoms with Crippen LogP contribution in [0.3, 0.4) is 0 Å². The van der Waals surface area contributed by atoms with E-state index in [0.29, 0.717) is 4.47 Å². The van der Waals surface area contributed by atoms with E-state index >= 15 is 0 Å². The summed E-state index contributed by atoms with van der Waals surface area (Å²) in [5.74, 6) is -0.871. The van der Waals surface area contributed by atoms with Crippen molar-refractivity contribution in [2.75, 3.05) is 5.06 Å². The Morgan fingerprint density at radius 2 is 1.94 bits per heavy atom. The van der Waals surface area contributed by atoms with Gasteiger partial charge in [-0.25, -0.2) is 0 Å². The Labute approximate surface area is 97.9 Å². The van der Waals surface area contributed by atoms with Crippen LogP contribution in [0.5, 0.6) is 0 Å². The summed E-state index contributed by atoms with van der Waals surface area (Å²) in [6.07, 6.45) is -4.92. The Hall–Kier alpha value is -1.08. The summed E-state index contributed by atoms with van der Waals surface area (Å²) in [5, 5.41) is 0.185. The maximum absolute atomic E-state index is 12.1. The van der Waals surface area contributed by atoms with Crippen molar-refractivity contribution in [3.05, 3.63) is 28.7 Å². The highest BCUT2D eigenvalue weighted by Crippen LogP contribution is 2.29. The Morgan fingerprint density at radius 3 is 2.38 bits per heavy atom. The first kappa shape index (κ1) is 13.0. The first-order valence-electron chi connectivity index (χ1n) is 4.12. The molecule has 88 valence electrons. The predicted molar refractivity (Wildman–Crippen MR) is 54.4 cm³/mol. The fourth-order valence-corrected chi connectivity index (χ4v) is 1.45. The molecular weight excluding hydrogens is 291 g/mol. The molecule has 1 rings (SSSR count). The third kappa shape index (κ3) is 3.49. The van der Waals surface area contributed by atoms with Crippen LogP contribution < -0.4 is 5.06 Å². The molecule has 0 atom stereocenters. The molecule has 0 aliphatic rings. The van der Waals surface area contributed by atoms with Gasteiger partial charge in [-0.05, 0) is 28.1 Å². The molecule has 7 heteroatoms. The summed E-state index contributed by atoms with van der Waals surface area (Å²) in [4.78, 5) is 14.7. The molecule has 1 amide bonds. The van der Waals surface area contributed by atoms with Gasteiger partial charge in [-0.2, -0.15) is 9.90 Å². The highest BCUT2D eigenvalue weighted by Gasteiger charge is 2.35. The number of nitrogens with zero attached hydrogens (tertiary/aromatic N) is 1. The molecule has 0 radical (unpaired) electrons. The lowest BCUT2D eigenvalue weighted by Gasteiger charge is -2.22. The first-order chi connectivity index (χ1) is 7.31. The van der Waals surface area contributed by atoms with Crippen LogP contribution in [0.4, 0.5) is 18.9 Å². The van der Waals surface area contributed by atoms with E-state index in [0.717, 1.165) is 6.92 Å². The third-order valence-corrected chi connectivity index (χ3v) is 2.22. The van der Waals surface area contributed by atoms with Crippen LogP contribution in [0, 0.1) is 0 Å². The second kappa shape index (κ2) is 4.84. The summed E-state index contributed by atoms with van der Waals surface area (Å²) in [6, 6.07) is 5.94. The van der Waals surface area contributed by atoms with E-state index in [2.05, 4.69) is 20.8 Å². The monoisotopic (exact) mass is 297 g/mol. The molecule has 0 spiro atoms. The van der Waals surface area contributed by atoms with Crippen molar-refractivity contribution in [2.24, 2.45) is 0 Å². The minimum absolute atomic E-state index is 0.00711. The lowest BCUT2D eigenvalue weighted by molar-refractivity contribution is -0.327. The van der Waals surface area contributed by atoms with Crippen molar-refractivity contribution >= 4 is 27.5 Å². The van der Waals surface area contributed by atoms with E-state index in [1.54, 1.807) is 6.07 Å². The van der Waals surface area contributed by atoms with Gasteiger partial charge in [-0.1, -0.05) is 12.1 Å². The van der Waals surface area contributed by atoms with E-state index in [-0.39, 0.29) is 10.8 Å². The van der Waals surface area contributed by atoms with E-state index in [1.165, 1.54) is 18.2 Å². The first-order valence-corrected chi connectivity index (χ1v) is 4.91. The minimum Gasteiger partial charge on any atom is -0.273 e.